The van der Waals surface area contributed by atoms with Crippen LogP contribution in [-0.4, -0.2) is 29.5 Å². The highest BCUT2D eigenvalue weighted by Gasteiger charge is 2.48. The largest absolute Gasteiger partial charge is 0.392 e. The first-order chi connectivity index (χ1) is 14.7. The number of anilines is 1. The van der Waals surface area contributed by atoms with E-state index in [-0.39, 0.29) is 18.7 Å². The molecular formula is C22H26F3N3O2S. The monoisotopic (exact) mass is 453 g/mol. The number of hydrogen-bond acceptors (Lipinski definition) is 4. The number of nitrogens with one attached hydrogen (secondary N) is 2. The molecule has 1 aliphatic rings. The molecule has 2 atom stereocenters. The molecule has 168 valence electrons. The quantitative estimate of drug-likeness (QED) is 0.567. The Kier molecular flexibility index (Phi) is 7.69. The zero-order valence-electron chi connectivity index (χ0n) is 17.3. The second-order valence-electron chi connectivity index (χ2n) is 7.85. The third-order valence-electron chi connectivity index (χ3n) is 5.52. The Hall–Kier alpha value is -2.42. The minimum absolute atomic E-state index is 0.00185. The van der Waals surface area contributed by atoms with Crippen LogP contribution in [0.3, 0.4) is 0 Å². The van der Waals surface area contributed by atoms with Crippen molar-refractivity contribution in [2.24, 2.45) is 11.8 Å². The molecule has 1 fully saturated rings. The Labute approximate surface area is 183 Å². The van der Waals surface area contributed by atoms with Crippen molar-refractivity contribution in [3.8, 4) is 11.3 Å². The number of amides is 2. The van der Waals surface area contributed by atoms with Crippen LogP contribution in [0.15, 0.2) is 29.6 Å². The molecule has 31 heavy (non-hydrogen) atoms. The molecule has 1 saturated carbocycles. The highest BCUT2D eigenvalue weighted by Crippen LogP contribution is 2.42. The second kappa shape index (κ2) is 10.3. The zero-order chi connectivity index (χ0) is 22.4. The van der Waals surface area contributed by atoms with Crippen molar-refractivity contribution in [1.29, 1.82) is 0 Å². The molecule has 1 aromatic heterocycles. The van der Waals surface area contributed by atoms with Gasteiger partial charge in [-0.15, -0.1) is 11.3 Å². The average Bonchev–Trinajstić information content (AvgIpc) is 3.19. The number of carbonyl (C=O) groups excluding carboxylic acids is 2. The maximum atomic E-state index is 13.3. The summed E-state index contributed by atoms with van der Waals surface area (Å²) in [5, 5.41) is 7.45. The summed E-state index contributed by atoms with van der Waals surface area (Å²) in [7, 11) is 0. The van der Waals surface area contributed by atoms with Crippen LogP contribution in [0, 0.1) is 11.8 Å². The summed E-state index contributed by atoms with van der Waals surface area (Å²) >= 11 is 1.20. The number of aromatic nitrogens is 1. The van der Waals surface area contributed by atoms with E-state index in [2.05, 4.69) is 15.6 Å². The summed E-state index contributed by atoms with van der Waals surface area (Å²) in [5.41, 5.74) is 2.67. The van der Waals surface area contributed by atoms with Gasteiger partial charge in [-0.25, -0.2) is 4.98 Å². The summed E-state index contributed by atoms with van der Waals surface area (Å²) in [6.07, 6.45) is -1.31. The van der Waals surface area contributed by atoms with Gasteiger partial charge in [-0.2, -0.15) is 13.2 Å². The van der Waals surface area contributed by atoms with Crippen molar-refractivity contribution in [1.82, 2.24) is 10.3 Å². The van der Waals surface area contributed by atoms with E-state index in [1.165, 1.54) is 18.3 Å². The van der Waals surface area contributed by atoms with Crippen LogP contribution in [-0.2, 0) is 16.0 Å². The lowest BCUT2D eigenvalue weighted by Gasteiger charge is -2.31. The zero-order valence-corrected chi connectivity index (χ0v) is 18.1. The fourth-order valence-electron chi connectivity index (χ4n) is 3.90. The van der Waals surface area contributed by atoms with Crippen molar-refractivity contribution >= 4 is 28.3 Å². The number of halogens is 3. The van der Waals surface area contributed by atoms with Crippen LogP contribution in [0.25, 0.3) is 11.3 Å². The van der Waals surface area contributed by atoms with Gasteiger partial charge in [0, 0.05) is 30.3 Å². The number of benzene rings is 1. The molecule has 2 aromatic rings. The van der Waals surface area contributed by atoms with Gasteiger partial charge in [0.25, 0.3) is 0 Å². The van der Waals surface area contributed by atoms with Gasteiger partial charge in [-0.05, 0) is 31.2 Å². The number of rotatable bonds is 7. The lowest BCUT2D eigenvalue weighted by molar-refractivity contribution is -0.197. The van der Waals surface area contributed by atoms with Gasteiger partial charge in [0.15, 0.2) is 5.13 Å². The molecule has 0 radical (unpaired) electrons. The van der Waals surface area contributed by atoms with E-state index in [4.69, 9.17) is 0 Å². The van der Waals surface area contributed by atoms with E-state index in [1.807, 2.05) is 24.3 Å². The molecule has 2 amide bonds. The van der Waals surface area contributed by atoms with E-state index < -0.39 is 23.9 Å². The predicted molar refractivity (Wildman–Crippen MR) is 115 cm³/mol. The first-order valence-electron chi connectivity index (χ1n) is 10.4. The second-order valence-corrected chi connectivity index (χ2v) is 8.71. The molecular weight excluding hydrogens is 427 g/mol. The van der Waals surface area contributed by atoms with Crippen LogP contribution < -0.4 is 10.6 Å². The normalized spacial score (nSPS) is 19.1. The Bertz CT molecular complexity index is 896. The van der Waals surface area contributed by atoms with Gasteiger partial charge in [0.1, 0.15) is 0 Å². The number of aryl methyl sites for hydroxylation is 1. The van der Waals surface area contributed by atoms with Crippen molar-refractivity contribution in [3.05, 3.63) is 35.2 Å². The molecule has 0 aliphatic heterocycles. The minimum atomic E-state index is -4.36. The fraction of sp³-hybridized carbons (Fsp3) is 0.500. The molecule has 5 nitrogen and oxygen atoms in total. The first kappa shape index (κ1) is 23.2. The van der Waals surface area contributed by atoms with Gasteiger partial charge in [0.05, 0.1) is 11.6 Å². The van der Waals surface area contributed by atoms with Crippen LogP contribution in [0.5, 0.6) is 0 Å². The van der Waals surface area contributed by atoms with Crippen molar-refractivity contribution in [3.63, 3.8) is 0 Å². The Morgan fingerprint density at radius 3 is 2.55 bits per heavy atom. The molecule has 2 unspecified atom stereocenters. The average molecular weight is 454 g/mol. The smallest absolute Gasteiger partial charge is 0.356 e. The molecule has 0 saturated heterocycles. The first-order valence-corrected chi connectivity index (χ1v) is 11.3. The summed E-state index contributed by atoms with van der Waals surface area (Å²) in [6, 6.07) is 7.82. The van der Waals surface area contributed by atoms with Crippen LogP contribution in [0.1, 0.15) is 44.6 Å². The summed E-state index contributed by atoms with van der Waals surface area (Å²) < 4.78 is 39.8. The Balaban J connectivity index is 1.58. The molecule has 0 bridgehead atoms. The van der Waals surface area contributed by atoms with E-state index in [9.17, 15) is 22.8 Å². The Morgan fingerprint density at radius 2 is 1.87 bits per heavy atom. The molecule has 0 spiro atoms. The SMILES string of the molecule is CC(=O)NCCCc1ccc(-c2csc(NC(=O)C3CCCCC3C(F)(F)F)n2)cc1. The van der Waals surface area contributed by atoms with Crippen LogP contribution >= 0.6 is 11.3 Å². The van der Waals surface area contributed by atoms with Gasteiger partial charge < -0.3 is 10.6 Å². The van der Waals surface area contributed by atoms with Gasteiger partial charge in [-0.3, -0.25) is 9.59 Å². The van der Waals surface area contributed by atoms with Crippen molar-refractivity contribution in [2.75, 3.05) is 11.9 Å². The molecule has 1 heterocycles. The van der Waals surface area contributed by atoms with E-state index in [1.54, 1.807) is 5.38 Å². The molecule has 1 aliphatic carbocycles. The minimum Gasteiger partial charge on any atom is -0.356 e. The highest BCUT2D eigenvalue weighted by molar-refractivity contribution is 7.14. The number of nitrogens with zero attached hydrogens (tertiary/aromatic N) is 1. The van der Waals surface area contributed by atoms with E-state index >= 15 is 0 Å². The van der Waals surface area contributed by atoms with Gasteiger partial charge >= 0.3 is 6.18 Å². The number of thiazole rings is 1. The van der Waals surface area contributed by atoms with E-state index in [0.717, 1.165) is 24.0 Å². The number of hydrogen-bond donors (Lipinski definition) is 2. The molecule has 3 rings (SSSR count). The molecule has 1 aromatic carbocycles. The van der Waals surface area contributed by atoms with Gasteiger partial charge in [-0.1, -0.05) is 37.1 Å². The fourth-order valence-corrected chi connectivity index (χ4v) is 4.62. The lowest BCUT2D eigenvalue weighted by atomic mass is 9.78. The van der Waals surface area contributed by atoms with Crippen molar-refractivity contribution in [2.45, 2.75) is 51.6 Å². The summed E-state index contributed by atoms with van der Waals surface area (Å²) in [5.74, 6) is -3.28. The Morgan fingerprint density at radius 1 is 1.16 bits per heavy atom. The summed E-state index contributed by atoms with van der Waals surface area (Å²) in [6.45, 7) is 2.12. The number of alkyl halides is 3. The molecule has 9 heteroatoms. The van der Waals surface area contributed by atoms with Crippen molar-refractivity contribution < 1.29 is 22.8 Å². The lowest BCUT2D eigenvalue weighted by Crippen LogP contribution is -2.39. The van der Waals surface area contributed by atoms with Crippen LogP contribution in [0.4, 0.5) is 18.3 Å². The third-order valence-corrected chi connectivity index (χ3v) is 6.28. The van der Waals surface area contributed by atoms with Crippen LogP contribution in [0.2, 0.25) is 0 Å². The molecule has 2 N–H and O–H groups in total. The van der Waals surface area contributed by atoms with E-state index in [0.29, 0.717) is 30.2 Å². The number of carbonyl (C=O) groups is 2. The van der Waals surface area contributed by atoms with Gasteiger partial charge in [0.2, 0.25) is 11.8 Å². The third kappa shape index (κ3) is 6.53. The highest BCUT2D eigenvalue weighted by atomic mass is 32.1. The standard InChI is InChI=1S/C22H26F3N3O2S/c1-14(29)26-12-4-5-15-8-10-16(11-9-15)19-13-31-21(27-19)28-20(30)17-6-2-3-7-18(17)22(23,24)25/h8-11,13,17-18H,2-7,12H2,1H3,(H,26,29)(H,27,28,30). The maximum absolute atomic E-state index is 13.3. The summed E-state index contributed by atoms with van der Waals surface area (Å²) in [4.78, 5) is 27.8. The maximum Gasteiger partial charge on any atom is 0.392 e. The predicted octanol–water partition coefficient (Wildman–Crippen LogP) is 5.19. The topological polar surface area (TPSA) is 71.1 Å².